The third-order valence-electron chi connectivity index (χ3n) is 3.15. The maximum absolute atomic E-state index is 13.3. The van der Waals surface area contributed by atoms with Crippen LogP contribution in [0.15, 0.2) is 24.4 Å². The standard InChI is InChI=1S/C15H19FN2O/c1-3-7-18(8-4-2)15(19)13-10-17-14-6-5-11(16)9-12(13)14/h5-6,9-10,17H,3-4,7-8H2,1-2H3. The van der Waals surface area contributed by atoms with E-state index in [1.165, 1.54) is 12.1 Å². The summed E-state index contributed by atoms with van der Waals surface area (Å²) in [4.78, 5) is 17.3. The molecule has 1 aromatic heterocycles. The first-order valence-electron chi connectivity index (χ1n) is 6.73. The number of fused-ring (bicyclic) bond motifs is 1. The summed E-state index contributed by atoms with van der Waals surface area (Å²) in [5.41, 5.74) is 1.34. The van der Waals surface area contributed by atoms with E-state index in [4.69, 9.17) is 0 Å². The Morgan fingerprint density at radius 1 is 1.26 bits per heavy atom. The van der Waals surface area contributed by atoms with Gasteiger partial charge in [-0.25, -0.2) is 4.39 Å². The summed E-state index contributed by atoms with van der Waals surface area (Å²) in [6, 6.07) is 4.46. The number of carbonyl (C=O) groups excluding carboxylic acids is 1. The smallest absolute Gasteiger partial charge is 0.256 e. The zero-order valence-corrected chi connectivity index (χ0v) is 11.4. The van der Waals surface area contributed by atoms with Crippen LogP contribution in [-0.2, 0) is 0 Å². The number of amides is 1. The van der Waals surface area contributed by atoms with Crippen LogP contribution in [0.5, 0.6) is 0 Å². The Balaban J connectivity index is 2.36. The Hall–Kier alpha value is -1.84. The number of nitrogens with zero attached hydrogens (tertiary/aromatic N) is 1. The molecule has 1 heterocycles. The van der Waals surface area contributed by atoms with Crippen molar-refractivity contribution in [3.05, 3.63) is 35.8 Å². The van der Waals surface area contributed by atoms with Crippen LogP contribution in [0, 0.1) is 5.82 Å². The number of hydrogen-bond donors (Lipinski definition) is 1. The fourth-order valence-electron chi connectivity index (χ4n) is 2.29. The summed E-state index contributed by atoms with van der Waals surface area (Å²) in [5.74, 6) is -0.348. The number of aromatic nitrogens is 1. The largest absolute Gasteiger partial charge is 0.360 e. The molecule has 0 unspecified atom stereocenters. The molecular weight excluding hydrogens is 243 g/mol. The maximum Gasteiger partial charge on any atom is 0.256 e. The van der Waals surface area contributed by atoms with E-state index in [0.29, 0.717) is 10.9 Å². The molecule has 0 radical (unpaired) electrons. The number of rotatable bonds is 5. The molecule has 0 saturated carbocycles. The Kier molecular flexibility index (Phi) is 4.20. The van der Waals surface area contributed by atoms with E-state index >= 15 is 0 Å². The Labute approximate surface area is 112 Å². The van der Waals surface area contributed by atoms with Crippen LogP contribution < -0.4 is 0 Å². The molecule has 1 amide bonds. The highest BCUT2D eigenvalue weighted by molar-refractivity contribution is 6.06. The molecule has 0 fully saturated rings. The highest BCUT2D eigenvalue weighted by atomic mass is 19.1. The number of benzene rings is 1. The minimum absolute atomic E-state index is 0.0273. The minimum atomic E-state index is -0.321. The van der Waals surface area contributed by atoms with Crippen LogP contribution in [0.1, 0.15) is 37.0 Å². The lowest BCUT2D eigenvalue weighted by atomic mass is 10.1. The molecule has 3 nitrogen and oxygen atoms in total. The zero-order chi connectivity index (χ0) is 13.8. The maximum atomic E-state index is 13.3. The van der Waals surface area contributed by atoms with E-state index in [-0.39, 0.29) is 11.7 Å². The molecule has 4 heteroatoms. The summed E-state index contributed by atoms with van der Waals surface area (Å²) in [6.45, 7) is 5.55. The molecule has 1 N–H and O–H groups in total. The average molecular weight is 262 g/mol. The number of H-pyrrole nitrogens is 1. The van der Waals surface area contributed by atoms with Gasteiger partial charge >= 0.3 is 0 Å². The quantitative estimate of drug-likeness (QED) is 0.878. The second-order valence-corrected chi connectivity index (χ2v) is 4.68. The lowest BCUT2D eigenvalue weighted by Gasteiger charge is -2.21. The molecule has 0 aliphatic heterocycles. The average Bonchev–Trinajstić information content (AvgIpc) is 2.80. The third-order valence-corrected chi connectivity index (χ3v) is 3.15. The van der Waals surface area contributed by atoms with Gasteiger partial charge in [0.1, 0.15) is 5.82 Å². The first kappa shape index (κ1) is 13.6. The highest BCUT2D eigenvalue weighted by Gasteiger charge is 2.18. The number of carbonyl (C=O) groups is 1. The minimum Gasteiger partial charge on any atom is -0.360 e. The predicted octanol–water partition coefficient (Wildman–Crippen LogP) is 3.57. The van der Waals surface area contributed by atoms with Gasteiger partial charge in [-0.05, 0) is 31.0 Å². The Morgan fingerprint density at radius 3 is 2.58 bits per heavy atom. The first-order chi connectivity index (χ1) is 9.17. The molecule has 1 aromatic carbocycles. The number of halogens is 1. The van der Waals surface area contributed by atoms with Crippen molar-refractivity contribution >= 4 is 16.8 Å². The molecule has 0 aliphatic carbocycles. The second-order valence-electron chi connectivity index (χ2n) is 4.68. The van der Waals surface area contributed by atoms with Crippen molar-refractivity contribution in [2.24, 2.45) is 0 Å². The molecule has 19 heavy (non-hydrogen) atoms. The van der Waals surface area contributed by atoms with Crippen molar-refractivity contribution < 1.29 is 9.18 Å². The molecule has 102 valence electrons. The fraction of sp³-hybridized carbons (Fsp3) is 0.400. The van der Waals surface area contributed by atoms with Gasteiger partial charge in [0.15, 0.2) is 0 Å². The van der Waals surface area contributed by atoms with Gasteiger partial charge in [0.2, 0.25) is 0 Å². The SMILES string of the molecule is CCCN(CCC)C(=O)c1c[nH]c2ccc(F)cc12. The van der Waals surface area contributed by atoms with E-state index in [0.717, 1.165) is 31.4 Å². The van der Waals surface area contributed by atoms with Crippen LogP contribution in [0.3, 0.4) is 0 Å². The van der Waals surface area contributed by atoms with Crippen LogP contribution in [-0.4, -0.2) is 28.9 Å². The Bertz CT molecular complexity index is 571. The highest BCUT2D eigenvalue weighted by Crippen LogP contribution is 2.21. The normalized spacial score (nSPS) is 10.9. The van der Waals surface area contributed by atoms with Crippen LogP contribution >= 0.6 is 0 Å². The van der Waals surface area contributed by atoms with Crippen molar-refractivity contribution in [2.45, 2.75) is 26.7 Å². The van der Waals surface area contributed by atoms with Crippen LogP contribution in [0.25, 0.3) is 10.9 Å². The van der Waals surface area contributed by atoms with Gasteiger partial charge in [-0.1, -0.05) is 13.8 Å². The zero-order valence-electron chi connectivity index (χ0n) is 11.4. The van der Waals surface area contributed by atoms with Gasteiger partial charge in [-0.15, -0.1) is 0 Å². The summed E-state index contributed by atoms with van der Waals surface area (Å²) < 4.78 is 13.3. The van der Waals surface area contributed by atoms with Crippen molar-refractivity contribution in [1.29, 1.82) is 0 Å². The van der Waals surface area contributed by atoms with Crippen molar-refractivity contribution in [2.75, 3.05) is 13.1 Å². The van der Waals surface area contributed by atoms with E-state index in [1.54, 1.807) is 12.3 Å². The van der Waals surface area contributed by atoms with Gasteiger partial charge in [-0.2, -0.15) is 0 Å². The van der Waals surface area contributed by atoms with E-state index in [9.17, 15) is 9.18 Å². The van der Waals surface area contributed by atoms with Gasteiger partial charge < -0.3 is 9.88 Å². The van der Waals surface area contributed by atoms with E-state index in [1.807, 2.05) is 18.7 Å². The topological polar surface area (TPSA) is 36.1 Å². The van der Waals surface area contributed by atoms with E-state index in [2.05, 4.69) is 4.98 Å². The van der Waals surface area contributed by atoms with Crippen molar-refractivity contribution in [1.82, 2.24) is 9.88 Å². The lowest BCUT2D eigenvalue weighted by molar-refractivity contribution is 0.0757. The molecule has 0 bridgehead atoms. The summed E-state index contributed by atoms with van der Waals surface area (Å²) in [5, 5.41) is 0.655. The molecule has 0 atom stereocenters. The van der Waals surface area contributed by atoms with Gasteiger partial charge in [0.05, 0.1) is 5.56 Å². The number of nitrogens with one attached hydrogen (secondary N) is 1. The summed E-state index contributed by atoms with van der Waals surface area (Å²) in [7, 11) is 0. The van der Waals surface area contributed by atoms with E-state index < -0.39 is 0 Å². The molecule has 0 saturated heterocycles. The molecule has 0 aliphatic rings. The molecule has 0 spiro atoms. The number of hydrogen-bond acceptors (Lipinski definition) is 1. The molecular formula is C15H19FN2O. The van der Waals surface area contributed by atoms with Gasteiger partial charge in [-0.3, -0.25) is 4.79 Å². The van der Waals surface area contributed by atoms with Gasteiger partial charge in [0, 0.05) is 30.2 Å². The summed E-state index contributed by atoms with van der Waals surface area (Å²) in [6.07, 6.45) is 3.51. The fourth-order valence-corrected chi connectivity index (χ4v) is 2.29. The van der Waals surface area contributed by atoms with Crippen molar-refractivity contribution in [3.63, 3.8) is 0 Å². The Morgan fingerprint density at radius 2 is 1.95 bits per heavy atom. The van der Waals surface area contributed by atoms with Crippen LogP contribution in [0.2, 0.25) is 0 Å². The molecule has 2 aromatic rings. The summed E-state index contributed by atoms with van der Waals surface area (Å²) >= 11 is 0. The third kappa shape index (κ3) is 2.78. The van der Waals surface area contributed by atoms with Crippen LogP contribution in [0.4, 0.5) is 4.39 Å². The number of aromatic amines is 1. The predicted molar refractivity (Wildman–Crippen MR) is 74.7 cm³/mol. The lowest BCUT2D eigenvalue weighted by Crippen LogP contribution is -2.32. The molecule has 2 rings (SSSR count). The first-order valence-corrected chi connectivity index (χ1v) is 6.73. The van der Waals surface area contributed by atoms with Gasteiger partial charge in [0.25, 0.3) is 5.91 Å². The van der Waals surface area contributed by atoms with Crippen molar-refractivity contribution in [3.8, 4) is 0 Å². The second kappa shape index (κ2) is 5.87. The monoisotopic (exact) mass is 262 g/mol.